The number of hydrogen-bond acceptors (Lipinski definition) is 3. The van der Waals surface area contributed by atoms with Crippen LogP contribution < -0.4 is 15.8 Å². The van der Waals surface area contributed by atoms with Crippen LogP contribution in [0.3, 0.4) is 0 Å². The molecular formula is C14H12F2N2O2. The second-order valence-corrected chi connectivity index (χ2v) is 4.02. The Kier molecular flexibility index (Phi) is 4.14. The number of rotatable bonds is 4. The van der Waals surface area contributed by atoms with E-state index in [9.17, 15) is 13.6 Å². The summed E-state index contributed by atoms with van der Waals surface area (Å²) in [5, 5.41) is 2.49. The smallest absolute Gasteiger partial charge is 0.262 e. The minimum atomic E-state index is -0.483. The van der Waals surface area contributed by atoms with Gasteiger partial charge < -0.3 is 15.8 Å². The molecule has 2 aromatic rings. The summed E-state index contributed by atoms with van der Waals surface area (Å²) >= 11 is 0. The number of carbonyl (C=O) groups excluding carboxylic acids is 1. The van der Waals surface area contributed by atoms with Gasteiger partial charge in [0.15, 0.2) is 6.61 Å². The van der Waals surface area contributed by atoms with E-state index in [2.05, 4.69) is 5.32 Å². The fourth-order valence-corrected chi connectivity index (χ4v) is 1.51. The monoisotopic (exact) mass is 278 g/mol. The molecule has 6 heteroatoms. The number of halogens is 2. The summed E-state index contributed by atoms with van der Waals surface area (Å²) in [6.07, 6.45) is 0. The van der Waals surface area contributed by atoms with E-state index in [4.69, 9.17) is 10.5 Å². The highest BCUT2D eigenvalue weighted by Gasteiger charge is 2.07. The highest BCUT2D eigenvalue weighted by molar-refractivity contribution is 5.94. The van der Waals surface area contributed by atoms with Gasteiger partial charge in [-0.05, 0) is 42.5 Å². The van der Waals surface area contributed by atoms with Crippen LogP contribution in [0, 0.1) is 11.6 Å². The molecule has 0 saturated heterocycles. The predicted octanol–water partition coefficient (Wildman–Crippen LogP) is 2.56. The third-order valence-electron chi connectivity index (χ3n) is 2.47. The number of nitrogens with two attached hydrogens (primary N) is 1. The average Bonchev–Trinajstić information content (AvgIpc) is 2.41. The van der Waals surface area contributed by atoms with Gasteiger partial charge in [0, 0.05) is 0 Å². The zero-order valence-electron chi connectivity index (χ0n) is 10.4. The van der Waals surface area contributed by atoms with Gasteiger partial charge in [0.1, 0.15) is 17.4 Å². The number of ether oxygens (including phenoxy) is 1. The molecule has 2 aromatic carbocycles. The molecule has 0 aliphatic rings. The number of nitrogens with one attached hydrogen (secondary N) is 1. The minimum Gasteiger partial charge on any atom is -0.484 e. The average molecular weight is 278 g/mol. The summed E-state index contributed by atoms with van der Waals surface area (Å²) in [6, 6.07) is 8.93. The lowest BCUT2D eigenvalue weighted by Gasteiger charge is -2.09. The van der Waals surface area contributed by atoms with Crippen LogP contribution in [0.1, 0.15) is 0 Å². The Morgan fingerprint density at radius 2 is 1.75 bits per heavy atom. The third-order valence-corrected chi connectivity index (χ3v) is 2.47. The minimum absolute atomic E-state index is 0.125. The molecule has 0 radical (unpaired) electrons. The lowest BCUT2D eigenvalue weighted by Crippen LogP contribution is -2.20. The van der Waals surface area contributed by atoms with Crippen LogP contribution >= 0.6 is 0 Å². The van der Waals surface area contributed by atoms with Crippen molar-refractivity contribution in [3.05, 3.63) is 54.1 Å². The van der Waals surface area contributed by atoms with E-state index in [-0.39, 0.29) is 18.1 Å². The van der Waals surface area contributed by atoms with Crippen molar-refractivity contribution in [1.82, 2.24) is 0 Å². The quantitative estimate of drug-likeness (QED) is 0.845. The van der Waals surface area contributed by atoms with E-state index in [0.29, 0.717) is 11.4 Å². The van der Waals surface area contributed by atoms with Gasteiger partial charge in [-0.2, -0.15) is 0 Å². The lowest BCUT2D eigenvalue weighted by atomic mass is 10.2. The maximum absolute atomic E-state index is 12.8. The number of carbonyl (C=O) groups is 1. The molecule has 0 heterocycles. The maximum atomic E-state index is 12.8. The zero-order valence-corrected chi connectivity index (χ0v) is 10.4. The van der Waals surface area contributed by atoms with Crippen LogP contribution in [0.4, 0.5) is 20.2 Å². The molecule has 0 aliphatic carbocycles. The van der Waals surface area contributed by atoms with Gasteiger partial charge in [0.25, 0.3) is 5.91 Å². The standard InChI is InChI=1S/C14H12F2N2O2/c15-9-1-4-11(5-2-9)20-8-14(19)18-13-6-3-10(16)7-12(13)17/h1-7H,8,17H2,(H,18,19). The van der Waals surface area contributed by atoms with Crippen LogP contribution in [0.25, 0.3) is 0 Å². The van der Waals surface area contributed by atoms with E-state index in [1.807, 2.05) is 0 Å². The fourth-order valence-electron chi connectivity index (χ4n) is 1.51. The van der Waals surface area contributed by atoms with Crippen molar-refractivity contribution in [2.45, 2.75) is 0 Å². The number of amides is 1. The van der Waals surface area contributed by atoms with Crippen LogP contribution in [0.2, 0.25) is 0 Å². The van der Waals surface area contributed by atoms with Gasteiger partial charge in [0.05, 0.1) is 11.4 Å². The van der Waals surface area contributed by atoms with E-state index in [1.165, 1.54) is 36.4 Å². The van der Waals surface area contributed by atoms with Crippen molar-refractivity contribution < 1.29 is 18.3 Å². The van der Waals surface area contributed by atoms with Gasteiger partial charge >= 0.3 is 0 Å². The molecule has 0 aromatic heterocycles. The summed E-state index contributed by atoms with van der Waals surface area (Å²) in [4.78, 5) is 11.6. The molecule has 2 rings (SSSR count). The van der Waals surface area contributed by atoms with Crippen molar-refractivity contribution in [1.29, 1.82) is 0 Å². The van der Waals surface area contributed by atoms with E-state index >= 15 is 0 Å². The number of anilines is 2. The summed E-state index contributed by atoms with van der Waals surface area (Å²) in [5.74, 6) is -0.954. The van der Waals surface area contributed by atoms with Gasteiger partial charge in [-0.25, -0.2) is 8.78 Å². The SMILES string of the molecule is Nc1cc(F)ccc1NC(=O)COc1ccc(F)cc1. The van der Waals surface area contributed by atoms with Gasteiger partial charge in [-0.3, -0.25) is 4.79 Å². The molecule has 20 heavy (non-hydrogen) atoms. The lowest BCUT2D eigenvalue weighted by molar-refractivity contribution is -0.118. The fraction of sp³-hybridized carbons (Fsp3) is 0.0714. The molecule has 0 unspecified atom stereocenters. The molecule has 0 bridgehead atoms. The van der Waals surface area contributed by atoms with E-state index in [1.54, 1.807) is 0 Å². The van der Waals surface area contributed by atoms with Crippen molar-refractivity contribution in [3.8, 4) is 5.75 Å². The molecule has 0 atom stereocenters. The van der Waals surface area contributed by atoms with Crippen molar-refractivity contribution in [2.24, 2.45) is 0 Å². The number of benzene rings is 2. The normalized spacial score (nSPS) is 10.1. The third kappa shape index (κ3) is 3.68. The molecule has 3 N–H and O–H groups in total. The Labute approximate surface area is 114 Å². The van der Waals surface area contributed by atoms with Crippen LogP contribution in [0.15, 0.2) is 42.5 Å². The number of nitrogen functional groups attached to an aromatic ring is 1. The van der Waals surface area contributed by atoms with Crippen LogP contribution in [0.5, 0.6) is 5.75 Å². The van der Waals surface area contributed by atoms with E-state index < -0.39 is 11.7 Å². The topological polar surface area (TPSA) is 64.3 Å². The first-order valence-corrected chi connectivity index (χ1v) is 5.78. The molecule has 104 valence electrons. The molecule has 0 fully saturated rings. The van der Waals surface area contributed by atoms with Crippen molar-refractivity contribution in [3.63, 3.8) is 0 Å². The van der Waals surface area contributed by atoms with Crippen LogP contribution in [-0.2, 0) is 4.79 Å². The second kappa shape index (κ2) is 6.01. The van der Waals surface area contributed by atoms with Crippen LogP contribution in [-0.4, -0.2) is 12.5 Å². The van der Waals surface area contributed by atoms with E-state index in [0.717, 1.165) is 6.07 Å². The maximum Gasteiger partial charge on any atom is 0.262 e. The van der Waals surface area contributed by atoms with Crippen molar-refractivity contribution in [2.75, 3.05) is 17.7 Å². The predicted molar refractivity (Wildman–Crippen MR) is 71.3 cm³/mol. The first-order chi connectivity index (χ1) is 9.54. The highest BCUT2D eigenvalue weighted by Crippen LogP contribution is 2.19. The molecule has 0 aliphatic heterocycles. The van der Waals surface area contributed by atoms with Crippen molar-refractivity contribution >= 4 is 17.3 Å². The van der Waals surface area contributed by atoms with Gasteiger partial charge in [0.2, 0.25) is 0 Å². The zero-order chi connectivity index (χ0) is 14.5. The Balaban J connectivity index is 1.90. The number of hydrogen-bond donors (Lipinski definition) is 2. The summed E-state index contributed by atoms with van der Waals surface area (Å²) in [7, 11) is 0. The summed E-state index contributed by atoms with van der Waals surface area (Å²) in [5.41, 5.74) is 5.99. The molecule has 4 nitrogen and oxygen atoms in total. The largest absolute Gasteiger partial charge is 0.484 e. The Morgan fingerprint density at radius 3 is 2.40 bits per heavy atom. The van der Waals surface area contributed by atoms with Gasteiger partial charge in [-0.1, -0.05) is 0 Å². The summed E-state index contributed by atoms with van der Waals surface area (Å²) in [6.45, 7) is -0.261. The first-order valence-electron chi connectivity index (χ1n) is 5.78. The van der Waals surface area contributed by atoms with Gasteiger partial charge in [-0.15, -0.1) is 0 Å². The Hall–Kier alpha value is -2.63. The Bertz CT molecular complexity index is 615. The second-order valence-electron chi connectivity index (χ2n) is 4.02. The molecule has 0 saturated carbocycles. The molecule has 0 spiro atoms. The molecular weight excluding hydrogens is 266 g/mol. The molecule has 1 amide bonds. The first kappa shape index (κ1) is 13.8. The Morgan fingerprint density at radius 1 is 1.10 bits per heavy atom. The highest BCUT2D eigenvalue weighted by atomic mass is 19.1. The summed E-state index contributed by atoms with van der Waals surface area (Å²) < 4.78 is 30.7.